The average Bonchev–Trinajstić information content (AvgIpc) is 2.93. The van der Waals surface area contributed by atoms with Crippen molar-refractivity contribution >= 4 is 39.3 Å². The van der Waals surface area contributed by atoms with E-state index in [9.17, 15) is 9.59 Å². The summed E-state index contributed by atoms with van der Waals surface area (Å²) in [7, 11) is 1.55. The Morgan fingerprint density at radius 2 is 2.08 bits per heavy atom. The van der Waals surface area contributed by atoms with Crippen LogP contribution in [-0.4, -0.2) is 25.3 Å². The highest BCUT2D eigenvalue weighted by Gasteiger charge is 2.17. The first-order valence-electron chi connectivity index (χ1n) is 7.75. The second-order valence-corrected chi connectivity index (χ2v) is 6.81. The Labute approximate surface area is 157 Å². The second kappa shape index (κ2) is 7.12. The van der Waals surface area contributed by atoms with E-state index >= 15 is 0 Å². The summed E-state index contributed by atoms with van der Waals surface area (Å²) in [6.45, 7) is 6.10. The van der Waals surface area contributed by atoms with Gasteiger partial charge < -0.3 is 0 Å². The summed E-state index contributed by atoms with van der Waals surface area (Å²) in [4.78, 5) is 30.7. The molecule has 2 aromatic heterocycles. The maximum absolute atomic E-state index is 12.3. The predicted molar refractivity (Wildman–Crippen MR) is 106 cm³/mol. The highest BCUT2D eigenvalue weighted by atomic mass is 79.9. The van der Waals surface area contributed by atoms with Crippen LogP contribution in [-0.2, 0) is 13.6 Å². The molecule has 0 aliphatic rings. The Morgan fingerprint density at radius 1 is 1.38 bits per heavy atom. The molecule has 0 saturated carbocycles. The molecule has 134 valence electrons. The van der Waals surface area contributed by atoms with Crippen molar-refractivity contribution in [2.45, 2.75) is 13.5 Å². The number of hydrazone groups is 1. The number of aromatic amines is 1. The number of nitrogens with one attached hydrogen (secondary N) is 2. The van der Waals surface area contributed by atoms with Crippen LogP contribution in [0.1, 0.15) is 12.5 Å². The molecular weight excluding hydrogens is 400 g/mol. The fraction of sp³-hybridized carbons (Fsp3) is 0.176. The Morgan fingerprint density at radius 3 is 2.73 bits per heavy atom. The number of fused-ring (bicyclic) bond motifs is 1. The summed E-state index contributed by atoms with van der Waals surface area (Å²) in [6, 6.07) is 7.63. The summed E-state index contributed by atoms with van der Waals surface area (Å²) in [6.07, 6.45) is 1.64. The van der Waals surface area contributed by atoms with Crippen LogP contribution in [0.2, 0.25) is 0 Å². The van der Waals surface area contributed by atoms with Gasteiger partial charge in [0.25, 0.3) is 5.56 Å². The number of aryl methyl sites for hydroxylation is 1. The number of benzene rings is 1. The highest BCUT2D eigenvalue weighted by molar-refractivity contribution is 9.10. The molecule has 0 spiro atoms. The Bertz CT molecular complexity index is 1120. The van der Waals surface area contributed by atoms with Crippen LogP contribution in [0.5, 0.6) is 0 Å². The quantitative estimate of drug-likeness (QED) is 0.378. The molecular formula is C17H17BrN6O2. The minimum Gasteiger partial charge on any atom is -0.299 e. The van der Waals surface area contributed by atoms with Gasteiger partial charge in [0.2, 0.25) is 5.95 Å². The van der Waals surface area contributed by atoms with Gasteiger partial charge in [-0.1, -0.05) is 40.2 Å². The first-order valence-corrected chi connectivity index (χ1v) is 8.54. The number of aromatic nitrogens is 4. The SMILES string of the molecule is C=C(C)Cn1c(N/N=C/c2ccc(Br)cc2)nc2c1c(=O)[nH]c(=O)n2C. The van der Waals surface area contributed by atoms with Crippen LogP contribution in [0, 0.1) is 0 Å². The van der Waals surface area contributed by atoms with Gasteiger partial charge in [0.05, 0.1) is 6.21 Å². The molecule has 3 rings (SSSR count). The molecule has 0 atom stereocenters. The van der Waals surface area contributed by atoms with Gasteiger partial charge in [0.1, 0.15) is 0 Å². The molecule has 0 bridgehead atoms. The summed E-state index contributed by atoms with van der Waals surface area (Å²) in [5.74, 6) is 0.350. The van der Waals surface area contributed by atoms with Gasteiger partial charge in [-0.2, -0.15) is 10.1 Å². The maximum atomic E-state index is 12.3. The number of hydrogen-bond donors (Lipinski definition) is 2. The number of rotatable bonds is 5. The van der Waals surface area contributed by atoms with Gasteiger partial charge in [-0.15, -0.1) is 0 Å². The number of imidazole rings is 1. The zero-order valence-corrected chi connectivity index (χ0v) is 15.9. The van der Waals surface area contributed by atoms with Gasteiger partial charge in [0, 0.05) is 18.1 Å². The van der Waals surface area contributed by atoms with Crippen molar-refractivity contribution in [1.29, 1.82) is 0 Å². The summed E-state index contributed by atoms with van der Waals surface area (Å²) in [5, 5.41) is 4.18. The molecule has 0 aliphatic heterocycles. The van der Waals surface area contributed by atoms with Crippen LogP contribution >= 0.6 is 15.9 Å². The molecule has 0 unspecified atom stereocenters. The molecule has 1 aromatic carbocycles. The van der Waals surface area contributed by atoms with E-state index in [0.29, 0.717) is 12.5 Å². The zero-order valence-electron chi connectivity index (χ0n) is 14.3. The minimum atomic E-state index is -0.521. The number of hydrogen-bond acceptors (Lipinski definition) is 5. The number of H-pyrrole nitrogens is 1. The molecule has 2 N–H and O–H groups in total. The third-order valence-electron chi connectivity index (χ3n) is 3.68. The van der Waals surface area contributed by atoms with E-state index in [1.165, 1.54) is 4.57 Å². The fourth-order valence-electron chi connectivity index (χ4n) is 2.46. The lowest BCUT2D eigenvalue weighted by Gasteiger charge is -2.07. The average molecular weight is 417 g/mol. The van der Waals surface area contributed by atoms with E-state index in [2.05, 4.69) is 43.0 Å². The first kappa shape index (κ1) is 17.9. The van der Waals surface area contributed by atoms with Crippen molar-refractivity contribution in [2.24, 2.45) is 12.1 Å². The third kappa shape index (κ3) is 3.52. The largest absolute Gasteiger partial charge is 0.329 e. The summed E-state index contributed by atoms with van der Waals surface area (Å²) in [5.41, 5.74) is 4.12. The van der Waals surface area contributed by atoms with Gasteiger partial charge >= 0.3 is 5.69 Å². The summed E-state index contributed by atoms with van der Waals surface area (Å²) < 4.78 is 3.91. The maximum Gasteiger partial charge on any atom is 0.329 e. The smallest absolute Gasteiger partial charge is 0.299 e. The molecule has 9 heteroatoms. The number of allylic oxidation sites excluding steroid dienone is 1. The number of halogens is 1. The highest BCUT2D eigenvalue weighted by Crippen LogP contribution is 2.17. The topological polar surface area (TPSA) is 97.1 Å². The third-order valence-corrected chi connectivity index (χ3v) is 4.21. The van der Waals surface area contributed by atoms with Crippen molar-refractivity contribution < 1.29 is 0 Å². The van der Waals surface area contributed by atoms with Crippen LogP contribution in [0.15, 0.2) is 55.6 Å². The van der Waals surface area contributed by atoms with E-state index in [4.69, 9.17) is 0 Å². The lowest BCUT2D eigenvalue weighted by Crippen LogP contribution is -2.29. The van der Waals surface area contributed by atoms with E-state index in [1.54, 1.807) is 17.8 Å². The van der Waals surface area contributed by atoms with Gasteiger partial charge in [-0.3, -0.25) is 18.9 Å². The normalized spacial score (nSPS) is 11.3. The Hall–Kier alpha value is -2.94. The van der Waals surface area contributed by atoms with Crippen LogP contribution in [0.4, 0.5) is 5.95 Å². The van der Waals surface area contributed by atoms with E-state index in [0.717, 1.165) is 15.6 Å². The molecule has 8 nitrogen and oxygen atoms in total. The minimum absolute atomic E-state index is 0.279. The van der Waals surface area contributed by atoms with Crippen LogP contribution in [0.25, 0.3) is 11.2 Å². The van der Waals surface area contributed by atoms with E-state index in [-0.39, 0.29) is 11.2 Å². The standard InChI is InChI=1S/C17H17BrN6O2/c1-10(2)9-24-13-14(23(3)17(26)21-15(13)25)20-16(24)22-19-8-11-4-6-12(18)7-5-11/h4-8H,1,9H2,2-3H3,(H,20,22)(H,21,25,26)/b19-8+. The van der Waals surface area contributed by atoms with Crippen LogP contribution < -0.4 is 16.7 Å². The van der Waals surface area contributed by atoms with E-state index < -0.39 is 11.2 Å². The zero-order chi connectivity index (χ0) is 18.8. The number of anilines is 1. The molecule has 3 aromatic rings. The Kier molecular flexibility index (Phi) is 4.90. The fourth-order valence-corrected chi connectivity index (χ4v) is 2.72. The monoisotopic (exact) mass is 416 g/mol. The van der Waals surface area contributed by atoms with Gasteiger partial charge in [0.15, 0.2) is 11.2 Å². The number of nitrogens with zero attached hydrogens (tertiary/aromatic N) is 4. The van der Waals surface area contributed by atoms with Gasteiger partial charge in [-0.25, -0.2) is 10.2 Å². The second-order valence-electron chi connectivity index (χ2n) is 5.89. The predicted octanol–water partition coefficient (Wildman–Crippen LogP) is 2.21. The van der Waals surface area contributed by atoms with E-state index in [1.807, 2.05) is 31.2 Å². The molecule has 0 radical (unpaired) electrons. The molecule has 0 saturated heterocycles. The Balaban J connectivity index is 2.04. The molecule has 26 heavy (non-hydrogen) atoms. The lowest BCUT2D eigenvalue weighted by molar-refractivity contribution is 0.800. The molecule has 2 heterocycles. The molecule has 0 fully saturated rings. The van der Waals surface area contributed by atoms with Crippen molar-refractivity contribution in [1.82, 2.24) is 19.1 Å². The molecule has 0 amide bonds. The lowest BCUT2D eigenvalue weighted by atomic mass is 10.2. The van der Waals surface area contributed by atoms with Crippen molar-refractivity contribution in [3.63, 3.8) is 0 Å². The summed E-state index contributed by atoms with van der Waals surface area (Å²) >= 11 is 3.38. The van der Waals surface area contributed by atoms with Crippen molar-refractivity contribution in [2.75, 3.05) is 5.43 Å². The van der Waals surface area contributed by atoms with Gasteiger partial charge in [-0.05, 0) is 24.6 Å². The van der Waals surface area contributed by atoms with Crippen molar-refractivity contribution in [3.05, 3.63) is 67.3 Å². The van der Waals surface area contributed by atoms with Crippen molar-refractivity contribution in [3.8, 4) is 0 Å². The molecule has 0 aliphatic carbocycles. The van der Waals surface area contributed by atoms with Crippen LogP contribution in [0.3, 0.4) is 0 Å². The first-order chi connectivity index (χ1) is 12.4.